The Kier molecular flexibility index (Phi) is 5.46. The number of carbonyl (C=O) groups is 1. The van der Waals surface area contributed by atoms with E-state index in [1.54, 1.807) is 12.1 Å². The summed E-state index contributed by atoms with van der Waals surface area (Å²) < 4.78 is 30.2. The molecule has 7 heteroatoms. The van der Waals surface area contributed by atoms with Gasteiger partial charge in [-0.1, -0.05) is 17.7 Å². The van der Waals surface area contributed by atoms with E-state index in [1.807, 2.05) is 6.92 Å². The van der Waals surface area contributed by atoms with E-state index in [1.165, 1.54) is 19.2 Å². The van der Waals surface area contributed by atoms with Crippen LogP contribution in [0.5, 0.6) is 0 Å². The lowest BCUT2D eigenvalue weighted by Gasteiger charge is -2.20. The molecular formula is C12H18N2O4S. The summed E-state index contributed by atoms with van der Waals surface area (Å²) in [4.78, 5) is 11.4. The van der Waals surface area contributed by atoms with Crippen LogP contribution < -0.4 is 5.73 Å². The Balaban J connectivity index is 3.05. The molecule has 0 heterocycles. The molecule has 6 nitrogen and oxygen atoms in total. The first-order valence-corrected chi connectivity index (χ1v) is 7.19. The maximum Gasteiger partial charge on any atom is 0.321 e. The molecule has 1 aromatic carbocycles. The summed E-state index contributed by atoms with van der Waals surface area (Å²) in [6.07, 6.45) is 0. The second-order valence-corrected chi connectivity index (χ2v) is 5.95. The number of methoxy groups -OCH3 is 1. The molecule has 1 aromatic rings. The monoisotopic (exact) mass is 286 g/mol. The Hall–Kier alpha value is -1.44. The van der Waals surface area contributed by atoms with Crippen LogP contribution in [0.25, 0.3) is 0 Å². The fourth-order valence-corrected chi connectivity index (χ4v) is 2.90. The molecule has 2 N–H and O–H groups in total. The first kappa shape index (κ1) is 15.6. The van der Waals surface area contributed by atoms with Crippen LogP contribution in [0.1, 0.15) is 5.56 Å². The summed E-state index contributed by atoms with van der Waals surface area (Å²) in [6, 6.07) is 6.41. The zero-order valence-electron chi connectivity index (χ0n) is 11.0. The van der Waals surface area contributed by atoms with E-state index in [0.717, 1.165) is 9.87 Å². The van der Waals surface area contributed by atoms with Gasteiger partial charge in [0.05, 0.1) is 12.0 Å². The van der Waals surface area contributed by atoms with Crippen molar-refractivity contribution in [2.24, 2.45) is 5.73 Å². The molecule has 0 aliphatic heterocycles. The van der Waals surface area contributed by atoms with E-state index in [9.17, 15) is 13.2 Å². The van der Waals surface area contributed by atoms with E-state index < -0.39 is 16.0 Å². The predicted octanol–water partition coefficient (Wildman–Crippen LogP) is 0.117. The van der Waals surface area contributed by atoms with Crippen molar-refractivity contribution in [3.05, 3.63) is 29.8 Å². The molecule has 0 amide bonds. The van der Waals surface area contributed by atoms with Crippen molar-refractivity contribution in [3.63, 3.8) is 0 Å². The van der Waals surface area contributed by atoms with Crippen molar-refractivity contribution >= 4 is 16.0 Å². The second-order valence-electron chi connectivity index (χ2n) is 4.02. The predicted molar refractivity (Wildman–Crippen MR) is 71.0 cm³/mol. The van der Waals surface area contributed by atoms with Crippen molar-refractivity contribution in [1.29, 1.82) is 0 Å². The third kappa shape index (κ3) is 4.02. The van der Waals surface area contributed by atoms with Gasteiger partial charge in [0.25, 0.3) is 0 Å². The quantitative estimate of drug-likeness (QED) is 0.750. The van der Waals surface area contributed by atoms with Crippen LogP contribution in [0.2, 0.25) is 0 Å². The molecule has 1 rings (SSSR count). The molecule has 0 spiro atoms. The zero-order chi connectivity index (χ0) is 14.5. The number of ether oxygens (including phenoxy) is 1. The highest BCUT2D eigenvalue weighted by Gasteiger charge is 2.26. The van der Waals surface area contributed by atoms with Gasteiger partial charge in [-0.2, -0.15) is 4.31 Å². The molecule has 0 bridgehead atoms. The van der Waals surface area contributed by atoms with Crippen molar-refractivity contribution in [2.45, 2.75) is 11.8 Å². The van der Waals surface area contributed by atoms with Gasteiger partial charge in [0, 0.05) is 13.1 Å². The lowest BCUT2D eigenvalue weighted by molar-refractivity contribution is -0.140. The molecule has 0 aliphatic rings. The number of sulfonamides is 1. The Morgan fingerprint density at radius 1 is 1.32 bits per heavy atom. The summed E-state index contributed by atoms with van der Waals surface area (Å²) in [6.45, 7) is 1.71. The number of nitrogens with two attached hydrogens (primary N) is 1. The molecule has 0 saturated heterocycles. The first-order valence-electron chi connectivity index (χ1n) is 5.75. The number of rotatable bonds is 6. The average Bonchev–Trinajstić information content (AvgIpc) is 2.38. The first-order chi connectivity index (χ1) is 8.91. The molecule has 0 saturated carbocycles. The SMILES string of the molecule is COC(=O)CN(CCN)S(=O)(=O)c1ccc(C)cc1. The van der Waals surface area contributed by atoms with Crippen LogP contribution in [0, 0.1) is 6.92 Å². The number of hydrogen-bond acceptors (Lipinski definition) is 5. The fourth-order valence-electron chi connectivity index (χ4n) is 1.50. The molecule has 0 aromatic heterocycles. The van der Waals surface area contributed by atoms with Crippen molar-refractivity contribution in [3.8, 4) is 0 Å². The molecule has 0 aliphatic carbocycles. The van der Waals surface area contributed by atoms with Crippen LogP contribution in [-0.2, 0) is 19.6 Å². The largest absolute Gasteiger partial charge is 0.468 e. The van der Waals surface area contributed by atoms with Crippen molar-refractivity contribution < 1.29 is 17.9 Å². The number of benzene rings is 1. The third-order valence-corrected chi connectivity index (χ3v) is 4.43. The standard InChI is InChI=1S/C12H18N2O4S/c1-10-3-5-11(6-4-10)19(16,17)14(8-7-13)9-12(15)18-2/h3-6H,7-9,13H2,1-2H3. The van der Waals surface area contributed by atoms with Gasteiger partial charge in [-0.3, -0.25) is 4.79 Å². The lowest BCUT2D eigenvalue weighted by Crippen LogP contribution is -2.39. The number of esters is 1. The van der Waals surface area contributed by atoms with Crippen LogP contribution in [0.3, 0.4) is 0 Å². The second kappa shape index (κ2) is 6.65. The number of nitrogens with zero attached hydrogens (tertiary/aromatic N) is 1. The molecule has 19 heavy (non-hydrogen) atoms. The molecule has 0 radical (unpaired) electrons. The van der Waals surface area contributed by atoms with Gasteiger partial charge in [-0.25, -0.2) is 8.42 Å². The molecule has 0 unspecified atom stereocenters. The van der Waals surface area contributed by atoms with Crippen molar-refractivity contribution in [2.75, 3.05) is 26.7 Å². The minimum atomic E-state index is -3.73. The van der Waals surface area contributed by atoms with Gasteiger partial charge in [0.15, 0.2) is 0 Å². The van der Waals surface area contributed by atoms with Crippen molar-refractivity contribution in [1.82, 2.24) is 4.31 Å². The van der Waals surface area contributed by atoms with Gasteiger partial charge in [-0.15, -0.1) is 0 Å². The van der Waals surface area contributed by atoms with Crippen LogP contribution in [-0.4, -0.2) is 45.4 Å². The zero-order valence-corrected chi connectivity index (χ0v) is 11.8. The molecular weight excluding hydrogens is 268 g/mol. The number of hydrogen-bond donors (Lipinski definition) is 1. The van der Waals surface area contributed by atoms with Crippen LogP contribution in [0.15, 0.2) is 29.2 Å². The fraction of sp³-hybridized carbons (Fsp3) is 0.417. The minimum absolute atomic E-state index is 0.0608. The van der Waals surface area contributed by atoms with Gasteiger partial charge >= 0.3 is 5.97 Å². The number of aryl methyl sites for hydroxylation is 1. The number of carbonyl (C=O) groups excluding carboxylic acids is 1. The van der Waals surface area contributed by atoms with E-state index in [0.29, 0.717) is 0 Å². The Labute approximate surface area is 113 Å². The highest BCUT2D eigenvalue weighted by molar-refractivity contribution is 7.89. The maximum atomic E-state index is 12.3. The van der Waals surface area contributed by atoms with Crippen LogP contribution in [0.4, 0.5) is 0 Å². The third-order valence-electron chi connectivity index (χ3n) is 2.57. The Morgan fingerprint density at radius 3 is 2.37 bits per heavy atom. The van der Waals surface area contributed by atoms with Crippen LogP contribution >= 0.6 is 0 Å². The highest BCUT2D eigenvalue weighted by Crippen LogP contribution is 2.16. The normalized spacial score (nSPS) is 11.6. The summed E-state index contributed by atoms with van der Waals surface area (Å²) in [5.41, 5.74) is 6.34. The summed E-state index contributed by atoms with van der Waals surface area (Å²) in [5, 5.41) is 0. The van der Waals surface area contributed by atoms with E-state index >= 15 is 0 Å². The van der Waals surface area contributed by atoms with Gasteiger partial charge in [0.1, 0.15) is 6.54 Å². The van der Waals surface area contributed by atoms with E-state index in [2.05, 4.69) is 4.74 Å². The maximum absolute atomic E-state index is 12.3. The van der Waals surface area contributed by atoms with Gasteiger partial charge < -0.3 is 10.5 Å². The smallest absolute Gasteiger partial charge is 0.321 e. The summed E-state index contributed by atoms with van der Waals surface area (Å²) >= 11 is 0. The van der Waals surface area contributed by atoms with E-state index in [-0.39, 0.29) is 24.5 Å². The van der Waals surface area contributed by atoms with Gasteiger partial charge in [-0.05, 0) is 19.1 Å². The minimum Gasteiger partial charge on any atom is -0.468 e. The van der Waals surface area contributed by atoms with Gasteiger partial charge in [0.2, 0.25) is 10.0 Å². The average molecular weight is 286 g/mol. The molecule has 0 atom stereocenters. The lowest BCUT2D eigenvalue weighted by atomic mass is 10.2. The topological polar surface area (TPSA) is 89.7 Å². The Morgan fingerprint density at radius 2 is 1.89 bits per heavy atom. The summed E-state index contributed by atoms with van der Waals surface area (Å²) in [5.74, 6) is -0.621. The molecule has 0 fully saturated rings. The van der Waals surface area contributed by atoms with E-state index in [4.69, 9.17) is 5.73 Å². The Bertz CT molecular complexity index is 525. The highest BCUT2D eigenvalue weighted by atomic mass is 32.2. The summed E-state index contributed by atoms with van der Waals surface area (Å²) in [7, 11) is -2.52. The molecule has 106 valence electrons.